The van der Waals surface area contributed by atoms with Crippen molar-refractivity contribution in [1.82, 2.24) is 20.6 Å². The Hall–Kier alpha value is -4.64. The van der Waals surface area contributed by atoms with Crippen LogP contribution in [0.5, 0.6) is 0 Å². The van der Waals surface area contributed by atoms with Crippen LogP contribution in [0.2, 0.25) is 0 Å². The van der Waals surface area contributed by atoms with E-state index >= 15 is 0 Å². The first-order valence-electron chi connectivity index (χ1n) is 11.3. The number of fused-ring (bicyclic) bond motifs is 1. The van der Waals surface area contributed by atoms with Crippen LogP contribution >= 0.6 is 11.3 Å². The van der Waals surface area contributed by atoms with Gasteiger partial charge in [-0.3, -0.25) is 19.4 Å². The van der Waals surface area contributed by atoms with E-state index in [0.29, 0.717) is 17.7 Å². The van der Waals surface area contributed by atoms with E-state index in [1.54, 1.807) is 42.6 Å². The van der Waals surface area contributed by atoms with Crippen LogP contribution in [0, 0.1) is 0 Å². The number of hydrogen-bond donors (Lipinski definition) is 4. The molecule has 0 aliphatic carbocycles. The second kappa shape index (κ2) is 11.9. The zero-order valence-electron chi connectivity index (χ0n) is 19.5. The summed E-state index contributed by atoms with van der Waals surface area (Å²) in [4.78, 5) is 56.8. The third-order valence-corrected chi connectivity index (χ3v) is 6.33. The van der Waals surface area contributed by atoms with Gasteiger partial charge in [0.2, 0.25) is 5.91 Å². The number of aldehydes is 1. The van der Waals surface area contributed by atoms with E-state index in [1.807, 2.05) is 24.3 Å². The van der Waals surface area contributed by atoms with E-state index in [1.165, 1.54) is 11.3 Å². The lowest BCUT2D eigenvalue weighted by molar-refractivity contribution is -0.138. The number of nitrogens with one attached hydrogen (secondary N) is 3. The van der Waals surface area contributed by atoms with Gasteiger partial charge in [0, 0.05) is 21.0 Å². The highest BCUT2D eigenvalue weighted by atomic mass is 32.1. The highest BCUT2D eigenvalue weighted by Crippen LogP contribution is 2.19. The van der Waals surface area contributed by atoms with Gasteiger partial charge in [0.05, 0.1) is 42.7 Å². The van der Waals surface area contributed by atoms with Gasteiger partial charge in [-0.05, 0) is 48.5 Å². The maximum absolute atomic E-state index is 12.6. The third-order valence-electron chi connectivity index (χ3n) is 5.25. The predicted octanol–water partition coefficient (Wildman–Crippen LogP) is 3.07. The number of nitrogens with zero attached hydrogens (tertiary/aromatic N) is 2. The molecule has 10 nitrogen and oxygen atoms in total. The Labute approximate surface area is 215 Å². The van der Waals surface area contributed by atoms with Crippen molar-refractivity contribution in [2.75, 3.05) is 5.32 Å². The number of thiophene rings is 1. The molecule has 188 valence electrons. The van der Waals surface area contributed by atoms with Gasteiger partial charge < -0.3 is 25.9 Å². The fourth-order valence-corrected chi connectivity index (χ4v) is 4.45. The molecule has 2 heterocycles. The molecule has 4 aromatic rings. The number of rotatable bonds is 11. The van der Waals surface area contributed by atoms with Crippen LogP contribution in [-0.2, 0) is 27.3 Å². The molecule has 11 heteroatoms. The van der Waals surface area contributed by atoms with Gasteiger partial charge in [-0.25, -0.2) is 4.98 Å². The number of aromatic nitrogens is 2. The minimum atomic E-state index is -1.17. The third kappa shape index (κ3) is 7.18. The first kappa shape index (κ1) is 25.5. The van der Waals surface area contributed by atoms with Crippen molar-refractivity contribution in [2.24, 2.45) is 0 Å². The van der Waals surface area contributed by atoms with Crippen molar-refractivity contribution < 1.29 is 24.3 Å². The highest BCUT2D eigenvalue weighted by Gasteiger charge is 2.16. The Morgan fingerprint density at radius 2 is 1.70 bits per heavy atom. The number of aliphatic carboxylic acids is 1. The Kier molecular flexibility index (Phi) is 8.16. The largest absolute Gasteiger partial charge is 0.481 e. The van der Waals surface area contributed by atoms with Gasteiger partial charge in [-0.1, -0.05) is 12.1 Å². The number of anilines is 2. The molecule has 0 bridgehead atoms. The molecular weight excluding hydrogens is 494 g/mol. The molecule has 0 saturated carbocycles. The molecule has 4 rings (SSSR count). The summed E-state index contributed by atoms with van der Waals surface area (Å²) < 4.78 is 0. The van der Waals surface area contributed by atoms with Crippen molar-refractivity contribution in [1.29, 1.82) is 0 Å². The minimum Gasteiger partial charge on any atom is -0.481 e. The van der Waals surface area contributed by atoms with Crippen LogP contribution in [0.15, 0.2) is 66.9 Å². The average Bonchev–Trinajstić information content (AvgIpc) is 3.34. The maximum Gasteiger partial charge on any atom is 0.305 e. The zero-order valence-corrected chi connectivity index (χ0v) is 20.3. The number of benzene rings is 2. The van der Waals surface area contributed by atoms with Crippen molar-refractivity contribution in [3.8, 4) is 0 Å². The van der Waals surface area contributed by atoms with Crippen molar-refractivity contribution in [3.63, 3.8) is 0 Å². The summed E-state index contributed by atoms with van der Waals surface area (Å²) in [6, 6.07) is 17.1. The topological polar surface area (TPSA) is 150 Å². The van der Waals surface area contributed by atoms with Crippen LogP contribution < -0.4 is 16.0 Å². The first-order valence-corrected chi connectivity index (χ1v) is 12.1. The standard InChI is InChI=1S/C26H23N5O5S/c32-15-18(11-25(34)35)30-24(33)12-19-9-10-20(37-19)13-28-26(36)16-5-7-17(8-6-16)29-23-14-27-21-3-1-2-4-22(21)31-23/h1-10,14-15,18H,11-13H2,(H,28,36)(H,29,31)(H,30,33)(H,34,35). The van der Waals surface area contributed by atoms with Crippen LogP contribution in [0.3, 0.4) is 0 Å². The molecule has 37 heavy (non-hydrogen) atoms. The number of carbonyl (C=O) groups excluding carboxylic acids is 3. The molecule has 1 atom stereocenters. The van der Waals surface area contributed by atoms with Gasteiger partial charge in [0.15, 0.2) is 0 Å². The average molecular weight is 518 g/mol. The summed E-state index contributed by atoms with van der Waals surface area (Å²) in [5, 5.41) is 17.2. The maximum atomic E-state index is 12.6. The molecule has 1 unspecified atom stereocenters. The molecule has 2 amide bonds. The molecule has 0 aliphatic rings. The lowest BCUT2D eigenvalue weighted by atomic mass is 10.2. The fourth-order valence-electron chi connectivity index (χ4n) is 3.49. The van der Waals surface area contributed by atoms with Gasteiger partial charge in [0.1, 0.15) is 12.1 Å². The second-order valence-corrected chi connectivity index (χ2v) is 9.33. The van der Waals surface area contributed by atoms with E-state index in [-0.39, 0.29) is 18.9 Å². The number of carbonyl (C=O) groups is 4. The van der Waals surface area contributed by atoms with Crippen LogP contribution in [-0.4, -0.2) is 45.2 Å². The van der Waals surface area contributed by atoms with E-state index in [4.69, 9.17) is 5.11 Å². The van der Waals surface area contributed by atoms with E-state index < -0.39 is 24.3 Å². The normalized spacial score (nSPS) is 11.5. The summed E-state index contributed by atoms with van der Waals surface area (Å²) >= 11 is 1.35. The quantitative estimate of drug-likeness (QED) is 0.222. The Morgan fingerprint density at radius 1 is 0.973 bits per heavy atom. The first-order chi connectivity index (χ1) is 17.9. The fraction of sp³-hybridized carbons (Fsp3) is 0.154. The molecule has 2 aromatic carbocycles. The van der Waals surface area contributed by atoms with Gasteiger partial charge in [-0.15, -0.1) is 11.3 Å². The molecule has 0 saturated heterocycles. The van der Waals surface area contributed by atoms with E-state index in [9.17, 15) is 19.2 Å². The number of carboxylic acid groups (broad SMARTS) is 1. The monoisotopic (exact) mass is 517 g/mol. The molecule has 4 N–H and O–H groups in total. The minimum absolute atomic E-state index is 0.0125. The summed E-state index contributed by atoms with van der Waals surface area (Å²) in [5.41, 5.74) is 2.85. The van der Waals surface area contributed by atoms with Crippen molar-refractivity contribution in [3.05, 3.63) is 82.2 Å². The van der Waals surface area contributed by atoms with Crippen LogP contribution in [0.4, 0.5) is 11.5 Å². The zero-order chi connectivity index (χ0) is 26.2. The molecule has 0 radical (unpaired) electrons. The second-order valence-electron chi connectivity index (χ2n) is 8.08. The lowest BCUT2D eigenvalue weighted by Crippen LogP contribution is -2.38. The summed E-state index contributed by atoms with van der Waals surface area (Å²) in [6.45, 7) is 0.285. The molecule has 0 spiro atoms. The summed E-state index contributed by atoms with van der Waals surface area (Å²) in [5.74, 6) is -1.26. The van der Waals surface area contributed by atoms with Crippen LogP contribution in [0.25, 0.3) is 11.0 Å². The number of amides is 2. The lowest BCUT2D eigenvalue weighted by Gasteiger charge is -2.09. The van der Waals surface area contributed by atoms with Gasteiger partial charge >= 0.3 is 5.97 Å². The smallest absolute Gasteiger partial charge is 0.305 e. The Morgan fingerprint density at radius 3 is 2.43 bits per heavy atom. The molecule has 0 fully saturated rings. The summed E-state index contributed by atoms with van der Waals surface area (Å²) in [7, 11) is 0. The van der Waals surface area contributed by atoms with E-state index in [2.05, 4.69) is 25.9 Å². The highest BCUT2D eigenvalue weighted by molar-refractivity contribution is 7.12. The number of carboxylic acids is 1. The molecule has 2 aromatic heterocycles. The number of para-hydroxylation sites is 2. The molecule has 0 aliphatic heterocycles. The van der Waals surface area contributed by atoms with E-state index in [0.717, 1.165) is 26.5 Å². The predicted molar refractivity (Wildman–Crippen MR) is 139 cm³/mol. The number of hydrogen-bond acceptors (Lipinski definition) is 8. The van der Waals surface area contributed by atoms with Crippen molar-refractivity contribution in [2.45, 2.75) is 25.4 Å². The SMILES string of the molecule is O=CC(CC(=O)O)NC(=O)Cc1ccc(CNC(=O)c2ccc(Nc3cnc4ccccc4n3)cc2)s1. The Bertz CT molecular complexity index is 1440. The van der Waals surface area contributed by atoms with Gasteiger partial charge in [-0.2, -0.15) is 0 Å². The molecular formula is C26H23N5O5S. The Balaban J connectivity index is 1.27. The van der Waals surface area contributed by atoms with Gasteiger partial charge in [0.25, 0.3) is 5.91 Å². The summed E-state index contributed by atoms with van der Waals surface area (Å²) in [6.07, 6.45) is 1.60. The van der Waals surface area contributed by atoms with Crippen molar-refractivity contribution >= 4 is 57.9 Å². The van der Waals surface area contributed by atoms with Crippen LogP contribution in [0.1, 0.15) is 26.5 Å².